The van der Waals surface area contributed by atoms with E-state index in [9.17, 15) is 4.79 Å². The molecule has 1 N–H and O–H groups in total. The second-order valence-corrected chi connectivity index (χ2v) is 6.39. The van der Waals surface area contributed by atoms with E-state index < -0.39 is 0 Å². The van der Waals surface area contributed by atoms with E-state index >= 15 is 0 Å². The highest BCUT2D eigenvalue weighted by atomic mass is 16.1. The van der Waals surface area contributed by atoms with Crippen LogP contribution in [0.15, 0.2) is 60.7 Å². The van der Waals surface area contributed by atoms with Crippen molar-refractivity contribution in [1.82, 2.24) is 10.2 Å². The number of nitrogens with zero attached hydrogens (tertiary/aromatic N) is 1. The van der Waals surface area contributed by atoms with Gasteiger partial charge < -0.3 is 10.2 Å². The molecule has 2 aromatic rings. The Kier molecular flexibility index (Phi) is 7.01. The standard InChI is InChI=1S/C21H28N2O/c1-4-11-19(17-12-7-5-8-13-17)21(24)22-16-20(23(2)3)18-14-9-6-10-15-18/h5-10,12-15,19-20H,4,11,16H2,1-3H3,(H,22,24)/t19-,20+/m1/s1. The van der Waals surface area contributed by atoms with Gasteiger partial charge in [0.15, 0.2) is 0 Å². The van der Waals surface area contributed by atoms with Crippen LogP contribution in [0.4, 0.5) is 0 Å². The lowest BCUT2D eigenvalue weighted by Gasteiger charge is -2.26. The molecular formula is C21H28N2O. The number of carbonyl (C=O) groups excluding carboxylic acids is 1. The van der Waals surface area contributed by atoms with Crippen molar-refractivity contribution in [2.45, 2.75) is 31.7 Å². The van der Waals surface area contributed by atoms with E-state index in [1.807, 2.05) is 62.6 Å². The van der Waals surface area contributed by atoms with Crippen molar-refractivity contribution in [3.8, 4) is 0 Å². The van der Waals surface area contributed by atoms with E-state index in [1.165, 1.54) is 5.56 Å². The lowest BCUT2D eigenvalue weighted by Crippen LogP contribution is -2.37. The van der Waals surface area contributed by atoms with E-state index in [4.69, 9.17) is 0 Å². The average molecular weight is 324 g/mol. The van der Waals surface area contributed by atoms with Crippen molar-refractivity contribution in [3.63, 3.8) is 0 Å². The largest absolute Gasteiger partial charge is 0.354 e. The van der Waals surface area contributed by atoms with E-state index in [2.05, 4.69) is 29.3 Å². The molecule has 0 saturated heterocycles. The van der Waals surface area contributed by atoms with Gasteiger partial charge in [-0.25, -0.2) is 0 Å². The molecule has 0 bridgehead atoms. The fraction of sp³-hybridized carbons (Fsp3) is 0.381. The molecule has 0 heterocycles. The van der Waals surface area contributed by atoms with Gasteiger partial charge in [0.1, 0.15) is 0 Å². The topological polar surface area (TPSA) is 32.3 Å². The van der Waals surface area contributed by atoms with Crippen molar-refractivity contribution in [2.75, 3.05) is 20.6 Å². The number of likely N-dealkylation sites (N-methyl/N-ethyl adjacent to an activating group) is 1. The molecule has 3 nitrogen and oxygen atoms in total. The monoisotopic (exact) mass is 324 g/mol. The summed E-state index contributed by atoms with van der Waals surface area (Å²) in [5, 5.41) is 3.17. The smallest absolute Gasteiger partial charge is 0.227 e. The fourth-order valence-corrected chi connectivity index (χ4v) is 3.02. The third-order valence-corrected chi connectivity index (χ3v) is 4.37. The molecular weight excluding hydrogens is 296 g/mol. The Bertz CT molecular complexity index is 610. The molecule has 0 radical (unpaired) electrons. The number of benzene rings is 2. The molecule has 2 aromatic carbocycles. The molecule has 2 rings (SSSR count). The van der Waals surface area contributed by atoms with Crippen LogP contribution in [-0.2, 0) is 4.79 Å². The number of hydrogen-bond acceptors (Lipinski definition) is 2. The van der Waals surface area contributed by atoms with Gasteiger partial charge in [-0.2, -0.15) is 0 Å². The minimum Gasteiger partial charge on any atom is -0.354 e. The summed E-state index contributed by atoms with van der Waals surface area (Å²) in [6, 6.07) is 20.6. The summed E-state index contributed by atoms with van der Waals surface area (Å²) in [5.74, 6) is 0.0422. The Morgan fingerprint density at radius 3 is 2.00 bits per heavy atom. The number of nitrogens with one attached hydrogen (secondary N) is 1. The van der Waals surface area contributed by atoms with E-state index in [0.29, 0.717) is 6.54 Å². The van der Waals surface area contributed by atoms with Crippen LogP contribution in [0.25, 0.3) is 0 Å². The zero-order valence-electron chi connectivity index (χ0n) is 14.9. The Labute approximate surface area is 145 Å². The molecule has 0 fully saturated rings. The summed E-state index contributed by atoms with van der Waals surface area (Å²) < 4.78 is 0. The maximum atomic E-state index is 12.8. The van der Waals surface area contributed by atoms with Crippen molar-refractivity contribution < 1.29 is 4.79 Å². The second kappa shape index (κ2) is 9.24. The van der Waals surface area contributed by atoms with Gasteiger partial charge in [0, 0.05) is 6.54 Å². The van der Waals surface area contributed by atoms with Crippen molar-refractivity contribution in [3.05, 3.63) is 71.8 Å². The maximum absolute atomic E-state index is 12.8. The van der Waals surface area contributed by atoms with Crippen molar-refractivity contribution in [1.29, 1.82) is 0 Å². The van der Waals surface area contributed by atoms with Gasteiger partial charge in [-0.05, 0) is 31.6 Å². The lowest BCUT2D eigenvalue weighted by atomic mass is 9.93. The van der Waals surface area contributed by atoms with E-state index in [1.54, 1.807) is 0 Å². The Hall–Kier alpha value is -2.13. The number of rotatable bonds is 8. The summed E-state index contributed by atoms with van der Waals surface area (Å²) in [5.41, 5.74) is 2.31. The first kappa shape index (κ1) is 18.2. The molecule has 1 amide bonds. The van der Waals surface area contributed by atoms with Crippen LogP contribution in [0.2, 0.25) is 0 Å². The molecule has 0 spiro atoms. The molecule has 0 saturated carbocycles. The molecule has 0 aliphatic carbocycles. The minimum absolute atomic E-state index is 0.0743. The first-order chi connectivity index (χ1) is 11.6. The summed E-state index contributed by atoms with van der Waals surface area (Å²) in [4.78, 5) is 14.9. The Balaban J connectivity index is 2.06. The zero-order valence-corrected chi connectivity index (χ0v) is 14.9. The molecule has 128 valence electrons. The van der Waals surface area contributed by atoms with Crippen LogP contribution < -0.4 is 5.32 Å². The summed E-state index contributed by atoms with van der Waals surface area (Å²) >= 11 is 0. The zero-order chi connectivity index (χ0) is 17.4. The van der Waals surface area contributed by atoms with Crippen LogP contribution in [0.3, 0.4) is 0 Å². The number of hydrogen-bond donors (Lipinski definition) is 1. The first-order valence-electron chi connectivity index (χ1n) is 8.67. The van der Waals surface area contributed by atoms with Crippen LogP contribution in [0.1, 0.15) is 42.9 Å². The van der Waals surface area contributed by atoms with Crippen LogP contribution in [0, 0.1) is 0 Å². The van der Waals surface area contributed by atoms with E-state index in [0.717, 1.165) is 18.4 Å². The highest BCUT2D eigenvalue weighted by Gasteiger charge is 2.21. The summed E-state index contributed by atoms with van der Waals surface area (Å²) in [6.07, 6.45) is 1.86. The first-order valence-corrected chi connectivity index (χ1v) is 8.67. The van der Waals surface area contributed by atoms with Crippen LogP contribution >= 0.6 is 0 Å². The highest BCUT2D eigenvalue weighted by molar-refractivity contribution is 5.83. The molecule has 0 unspecified atom stereocenters. The third-order valence-electron chi connectivity index (χ3n) is 4.37. The van der Waals surface area contributed by atoms with Gasteiger partial charge in [-0.1, -0.05) is 74.0 Å². The van der Waals surface area contributed by atoms with Gasteiger partial charge >= 0.3 is 0 Å². The fourth-order valence-electron chi connectivity index (χ4n) is 3.02. The maximum Gasteiger partial charge on any atom is 0.227 e. The second-order valence-electron chi connectivity index (χ2n) is 6.39. The highest BCUT2D eigenvalue weighted by Crippen LogP contribution is 2.22. The summed E-state index contributed by atoms with van der Waals surface area (Å²) in [7, 11) is 4.09. The van der Waals surface area contributed by atoms with Crippen LogP contribution in [0.5, 0.6) is 0 Å². The van der Waals surface area contributed by atoms with Gasteiger partial charge in [0.25, 0.3) is 0 Å². The molecule has 3 heteroatoms. The van der Waals surface area contributed by atoms with Gasteiger partial charge in [0.2, 0.25) is 5.91 Å². The number of carbonyl (C=O) groups is 1. The predicted octanol–water partition coefficient (Wildman–Crippen LogP) is 3.99. The molecule has 0 aromatic heterocycles. The normalized spacial score (nSPS) is 13.5. The quantitative estimate of drug-likeness (QED) is 0.796. The third kappa shape index (κ3) is 4.93. The van der Waals surface area contributed by atoms with Crippen molar-refractivity contribution >= 4 is 5.91 Å². The minimum atomic E-state index is -0.0743. The Morgan fingerprint density at radius 2 is 1.50 bits per heavy atom. The average Bonchev–Trinajstić information content (AvgIpc) is 2.61. The molecule has 0 aliphatic rings. The molecule has 24 heavy (non-hydrogen) atoms. The van der Waals surface area contributed by atoms with Crippen molar-refractivity contribution in [2.24, 2.45) is 0 Å². The lowest BCUT2D eigenvalue weighted by molar-refractivity contribution is -0.123. The summed E-state index contributed by atoms with van der Waals surface area (Å²) in [6.45, 7) is 2.73. The predicted molar refractivity (Wildman–Crippen MR) is 100.0 cm³/mol. The number of amides is 1. The molecule has 2 atom stereocenters. The van der Waals surface area contributed by atoms with E-state index in [-0.39, 0.29) is 17.9 Å². The van der Waals surface area contributed by atoms with Crippen LogP contribution in [-0.4, -0.2) is 31.4 Å². The van der Waals surface area contributed by atoms with Gasteiger partial charge in [-0.3, -0.25) is 4.79 Å². The molecule has 0 aliphatic heterocycles. The SMILES string of the molecule is CCC[C@@H](C(=O)NC[C@@H](c1ccccc1)N(C)C)c1ccccc1. The van der Waals surface area contributed by atoms with Gasteiger partial charge in [0.05, 0.1) is 12.0 Å². The Morgan fingerprint density at radius 1 is 0.958 bits per heavy atom. The van der Waals surface area contributed by atoms with Gasteiger partial charge in [-0.15, -0.1) is 0 Å².